The zero-order valence-electron chi connectivity index (χ0n) is 12.0. The fourth-order valence-corrected chi connectivity index (χ4v) is 2.79. The van der Waals surface area contributed by atoms with Crippen molar-refractivity contribution in [2.75, 3.05) is 0 Å². The quantitative estimate of drug-likeness (QED) is 0.759. The van der Waals surface area contributed by atoms with Crippen LogP contribution < -0.4 is 5.32 Å². The molecule has 0 fully saturated rings. The molecule has 3 rings (SSSR count). The maximum atomic E-state index is 12.0. The van der Waals surface area contributed by atoms with E-state index in [0.717, 1.165) is 21.1 Å². The lowest BCUT2D eigenvalue weighted by molar-refractivity contribution is -0.121. The van der Waals surface area contributed by atoms with Crippen LogP contribution in [0, 0.1) is 0 Å². The van der Waals surface area contributed by atoms with Gasteiger partial charge in [0.2, 0.25) is 5.91 Å². The van der Waals surface area contributed by atoms with Gasteiger partial charge in [0, 0.05) is 24.0 Å². The maximum absolute atomic E-state index is 12.0. The summed E-state index contributed by atoms with van der Waals surface area (Å²) in [6.45, 7) is 1.17. The van der Waals surface area contributed by atoms with E-state index in [0.29, 0.717) is 19.5 Å². The van der Waals surface area contributed by atoms with Crippen molar-refractivity contribution in [3.8, 4) is 0 Å². The predicted molar refractivity (Wildman–Crippen MR) is 90.3 cm³/mol. The Balaban J connectivity index is 1.54. The van der Waals surface area contributed by atoms with Crippen LogP contribution in [0.1, 0.15) is 12.0 Å². The van der Waals surface area contributed by atoms with Gasteiger partial charge in [-0.3, -0.25) is 4.79 Å². The molecular weight excluding hydrogens is 342 g/mol. The smallest absolute Gasteiger partial charge is 0.222 e. The molecule has 0 atom stereocenters. The number of para-hydroxylation sites is 2. The first kappa shape index (κ1) is 14.8. The van der Waals surface area contributed by atoms with Crippen LogP contribution in [0.25, 0.3) is 11.0 Å². The van der Waals surface area contributed by atoms with E-state index in [4.69, 9.17) is 0 Å². The maximum Gasteiger partial charge on any atom is 0.222 e. The molecule has 0 aliphatic carbocycles. The van der Waals surface area contributed by atoms with Crippen LogP contribution in [0.15, 0.2) is 59.3 Å². The summed E-state index contributed by atoms with van der Waals surface area (Å²) in [7, 11) is 0. The Morgan fingerprint density at radius 2 is 2.05 bits per heavy atom. The summed E-state index contributed by atoms with van der Waals surface area (Å²) in [5, 5.41) is 2.94. The number of amides is 1. The number of nitrogens with one attached hydrogen (secondary N) is 1. The van der Waals surface area contributed by atoms with Crippen molar-refractivity contribution < 1.29 is 4.79 Å². The van der Waals surface area contributed by atoms with E-state index < -0.39 is 0 Å². The van der Waals surface area contributed by atoms with Gasteiger partial charge in [0.05, 0.1) is 17.4 Å². The first-order chi connectivity index (χ1) is 10.7. The number of carbonyl (C=O) groups is 1. The minimum absolute atomic E-state index is 0.0396. The van der Waals surface area contributed by atoms with Gasteiger partial charge >= 0.3 is 0 Å². The second kappa shape index (κ2) is 6.75. The number of aromatic nitrogens is 2. The number of benzene rings is 2. The molecule has 3 aromatic rings. The molecule has 112 valence electrons. The minimum Gasteiger partial charge on any atom is -0.352 e. The molecule has 22 heavy (non-hydrogen) atoms. The fourth-order valence-electron chi connectivity index (χ4n) is 2.35. The number of fused-ring (bicyclic) bond motifs is 1. The van der Waals surface area contributed by atoms with Crippen molar-refractivity contribution >= 4 is 32.9 Å². The van der Waals surface area contributed by atoms with E-state index in [2.05, 4.69) is 26.2 Å². The second-order valence-corrected chi connectivity index (χ2v) is 6.00. The first-order valence-electron chi connectivity index (χ1n) is 7.13. The summed E-state index contributed by atoms with van der Waals surface area (Å²) in [5.41, 5.74) is 3.09. The number of rotatable bonds is 5. The molecule has 0 saturated heterocycles. The van der Waals surface area contributed by atoms with Gasteiger partial charge in [0.15, 0.2) is 0 Å². The standard InChI is InChI=1S/C17H16BrN3O/c18-14-5-3-4-13(10-14)11-19-17(22)8-9-21-12-20-15-6-1-2-7-16(15)21/h1-7,10,12H,8-9,11H2,(H,19,22). The van der Waals surface area contributed by atoms with Crippen LogP contribution in [0.3, 0.4) is 0 Å². The second-order valence-electron chi connectivity index (χ2n) is 5.08. The Labute approximate surface area is 137 Å². The average Bonchev–Trinajstić information content (AvgIpc) is 2.94. The van der Waals surface area contributed by atoms with Crippen LogP contribution in [-0.2, 0) is 17.9 Å². The van der Waals surface area contributed by atoms with Crippen LogP contribution in [-0.4, -0.2) is 15.5 Å². The number of hydrogen-bond donors (Lipinski definition) is 1. The topological polar surface area (TPSA) is 46.9 Å². The molecular formula is C17H16BrN3O. The van der Waals surface area contributed by atoms with Gasteiger partial charge in [-0.2, -0.15) is 0 Å². The van der Waals surface area contributed by atoms with Gasteiger partial charge in [0.1, 0.15) is 0 Å². The van der Waals surface area contributed by atoms with Crippen LogP contribution in [0.5, 0.6) is 0 Å². The molecule has 0 spiro atoms. The Kier molecular flexibility index (Phi) is 4.53. The summed E-state index contributed by atoms with van der Waals surface area (Å²) in [4.78, 5) is 16.3. The van der Waals surface area contributed by atoms with Crippen molar-refractivity contribution in [2.45, 2.75) is 19.5 Å². The van der Waals surface area contributed by atoms with Crippen LogP contribution in [0.2, 0.25) is 0 Å². The molecule has 0 aliphatic heterocycles. The Morgan fingerprint density at radius 3 is 2.91 bits per heavy atom. The molecule has 0 aliphatic rings. The lowest BCUT2D eigenvalue weighted by Crippen LogP contribution is -2.23. The minimum atomic E-state index is 0.0396. The molecule has 0 bridgehead atoms. The lowest BCUT2D eigenvalue weighted by Gasteiger charge is -2.07. The Hall–Kier alpha value is -2.14. The number of carbonyl (C=O) groups excluding carboxylic acids is 1. The SMILES string of the molecule is O=C(CCn1cnc2ccccc21)NCc1cccc(Br)c1. The van der Waals surface area contributed by atoms with E-state index in [1.807, 2.05) is 53.1 Å². The average molecular weight is 358 g/mol. The van der Waals surface area contributed by atoms with Gasteiger partial charge < -0.3 is 9.88 Å². The number of nitrogens with zero attached hydrogens (tertiary/aromatic N) is 2. The first-order valence-corrected chi connectivity index (χ1v) is 7.93. The zero-order chi connectivity index (χ0) is 15.4. The van der Waals surface area contributed by atoms with Crippen molar-refractivity contribution in [3.63, 3.8) is 0 Å². The summed E-state index contributed by atoms with van der Waals surface area (Å²) >= 11 is 3.43. The van der Waals surface area contributed by atoms with E-state index in [1.165, 1.54) is 0 Å². The van der Waals surface area contributed by atoms with E-state index in [-0.39, 0.29) is 5.91 Å². The van der Waals surface area contributed by atoms with Crippen molar-refractivity contribution in [2.24, 2.45) is 0 Å². The third kappa shape index (κ3) is 3.54. The highest BCUT2D eigenvalue weighted by atomic mass is 79.9. The molecule has 0 saturated carbocycles. The molecule has 1 N–H and O–H groups in total. The van der Waals surface area contributed by atoms with Crippen LogP contribution in [0.4, 0.5) is 0 Å². The monoisotopic (exact) mass is 357 g/mol. The van der Waals surface area contributed by atoms with Crippen molar-refractivity contribution in [1.82, 2.24) is 14.9 Å². The number of aryl methyl sites for hydroxylation is 1. The van der Waals surface area contributed by atoms with Gasteiger partial charge in [-0.25, -0.2) is 4.98 Å². The summed E-state index contributed by atoms with van der Waals surface area (Å²) < 4.78 is 3.03. The highest BCUT2D eigenvalue weighted by molar-refractivity contribution is 9.10. The lowest BCUT2D eigenvalue weighted by atomic mass is 10.2. The van der Waals surface area contributed by atoms with Crippen LogP contribution >= 0.6 is 15.9 Å². The molecule has 0 unspecified atom stereocenters. The molecule has 2 aromatic carbocycles. The molecule has 0 radical (unpaired) electrons. The molecule has 1 heterocycles. The number of imidazole rings is 1. The fraction of sp³-hybridized carbons (Fsp3) is 0.176. The third-order valence-electron chi connectivity index (χ3n) is 3.49. The normalized spacial score (nSPS) is 10.8. The molecule has 1 amide bonds. The predicted octanol–water partition coefficient (Wildman–Crippen LogP) is 3.51. The van der Waals surface area contributed by atoms with E-state index in [9.17, 15) is 4.79 Å². The molecule has 4 nitrogen and oxygen atoms in total. The Morgan fingerprint density at radius 1 is 1.18 bits per heavy atom. The van der Waals surface area contributed by atoms with E-state index >= 15 is 0 Å². The molecule has 5 heteroatoms. The highest BCUT2D eigenvalue weighted by Crippen LogP contribution is 2.13. The van der Waals surface area contributed by atoms with Crippen molar-refractivity contribution in [1.29, 1.82) is 0 Å². The highest BCUT2D eigenvalue weighted by Gasteiger charge is 2.05. The molecule has 1 aromatic heterocycles. The zero-order valence-corrected chi connectivity index (χ0v) is 13.6. The van der Waals surface area contributed by atoms with Gasteiger partial charge in [-0.1, -0.05) is 40.2 Å². The third-order valence-corrected chi connectivity index (χ3v) is 3.98. The summed E-state index contributed by atoms with van der Waals surface area (Å²) in [6.07, 6.45) is 2.22. The van der Waals surface area contributed by atoms with Gasteiger partial charge in [0.25, 0.3) is 0 Å². The Bertz CT molecular complexity index is 797. The van der Waals surface area contributed by atoms with E-state index in [1.54, 1.807) is 6.33 Å². The summed E-state index contributed by atoms with van der Waals surface area (Å²) in [6, 6.07) is 15.9. The van der Waals surface area contributed by atoms with Gasteiger partial charge in [-0.15, -0.1) is 0 Å². The van der Waals surface area contributed by atoms with Crippen molar-refractivity contribution in [3.05, 3.63) is 64.9 Å². The number of hydrogen-bond acceptors (Lipinski definition) is 2. The number of halogens is 1. The van der Waals surface area contributed by atoms with Gasteiger partial charge in [-0.05, 0) is 29.8 Å². The summed E-state index contributed by atoms with van der Waals surface area (Å²) in [5.74, 6) is 0.0396. The largest absolute Gasteiger partial charge is 0.352 e.